The number of aryl methyl sites for hydroxylation is 1. The number of carbonyl (C=O) groups is 1. The van der Waals surface area contributed by atoms with Crippen LogP contribution in [0.3, 0.4) is 0 Å². The smallest absolute Gasteiger partial charge is 0.336 e. The van der Waals surface area contributed by atoms with Gasteiger partial charge in [-0.2, -0.15) is 0 Å². The summed E-state index contributed by atoms with van der Waals surface area (Å²) in [5, 5.41) is 3.99. The van der Waals surface area contributed by atoms with Gasteiger partial charge in [0.2, 0.25) is 0 Å². The normalized spacial score (nSPS) is 11.5. The van der Waals surface area contributed by atoms with E-state index in [2.05, 4.69) is 15.3 Å². The number of hydrogen-bond donors (Lipinski definition) is 2. The van der Waals surface area contributed by atoms with Crippen molar-refractivity contribution < 1.29 is 13.9 Å². The number of amides is 1. The average molecular weight is 506 g/mol. The number of H-pyrrole nitrogens is 1. The van der Waals surface area contributed by atoms with Gasteiger partial charge in [0.15, 0.2) is 5.16 Å². The number of ether oxygens (including phenoxy) is 1. The van der Waals surface area contributed by atoms with Crippen LogP contribution in [0.15, 0.2) is 67.7 Å². The second-order valence-corrected chi connectivity index (χ2v) is 10.4. The number of aromatic amines is 1. The lowest BCUT2D eigenvalue weighted by atomic mass is 10.0. The number of aromatic nitrogens is 2. The highest BCUT2D eigenvalue weighted by Gasteiger charge is 2.24. The van der Waals surface area contributed by atoms with Crippen molar-refractivity contribution in [2.75, 3.05) is 7.11 Å². The van der Waals surface area contributed by atoms with Crippen molar-refractivity contribution in [2.24, 2.45) is 0 Å². The Hall–Kier alpha value is -3.85. The van der Waals surface area contributed by atoms with E-state index in [1.807, 2.05) is 39.8 Å². The molecule has 0 aliphatic heterocycles. The maximum Gasteiger partial charge on any atom is 0.336 e. The molecule has 2 N–H and O–H groups in total. The van der Waals surface area contributed by atoms with Gasteiger partial charge in [-0.05, 0) is 69.7 Å². The molecule has 2 aromatic carbocycles. The minimum Gasteiger partial charge on any atom is -0.497 e. The molecular weight excluding hydrogens is 478 g/mol. The van der Waals surface area contributed by atoms with Crippen molar-refractivity contribution >= 4 is 28.6 Å². The SMILES string of the molecule is COc1ccc(-c2nc(SCc3cc(=O)oc4ccc(C)cc34)[nH]c(=O)c2C(=O)NC(C)(C)C)cc1. The molecule has 8 nitrogen and oxygen atoms in total. The van der Waals surface area contributed by atoms with E-state index in [1.165, 1.54) is 17.8 Å². The Kier molecular flexibility index (Phi) is 7.03. The van der Waals surface area contributed by atoms with Crippen molar-refractivity contribution in [1.82, 2.24) is 15.3 Å². The molecule has 2 aromatic heterocycles. The Morgan fingerprint density at radius 3 is 2.50 bits per heavy atom. The van der Waals surface area contributed by atoms with E-state index in [-0.39, 0.29) is 11.3 Å². The van der Waals surface area contributed by atoms with Crippen LogP contribution < -0.4 is 21.2 Å². The topological polar surface area (TPSA) is 114 Å². The van der Waals surface area contributed by atoms with E-state index >= 15 is 0 Å². The number of carbonyl (C=O) groups excluding carboxylic acids is 1. The fourth-order valence-electron chi connectivity index (χ4n) is 3.70. The molecule has 0 unspecified atom stereocenters. The van der Waals surface area contributed by atoms with Gasteiger partial charge in [-0.15, -0.1) is 0 Å². The molecule has 0 fully saturated rings. The zero-order valence-corrected chi connectivity index (χ0v) is 21.5. The van der Waals surface area contributed by atoms with Gasteiger partial charge in [0, 0.05) is 28.3 Å². The van der Waals surface area contributed by atoms with Crippen LogP contribution in [-0.4, -0.2) is 28.5 Å². The molecule has 0 atom stereocenters. The number of nitrogens with zero attached hydrogens (tertiary/aromatic N) is 1. The molecule has 0 radical (unpaired) electrons. The minimum absolute atomic E-state index is 0.0686. The summed E-state index contributed by atoms with van der Waals surface area (Å²) in [6.45, 7) is 7.48. The highest BCUT2D eigenvalue weighted by molar-refractivity contribution is 7.98. The Morgan fingerprint density at radius 1 is 1.11 bits per heavy atom. The van der Waals surface area contributed by atoms with E-state index in [0.29, 0.717) is 27.8 Å². The van der Waals surface area contributed by atoms with Crippen LogP contribution in [0.1, 0.15) is 42.3 Å². The number of methoxy groups -OCH3 is 1. The van der Waals surface area contributed by atoms with E-state index in [0.717, 1.165) is 16.5 Å². The molecule has 0 saturated carbocycles. The van der Waals surface area contributed by atoms with Crippen molar-refractivity contribution in [3.63, 3.8) is 0 Å². The molecule has 4 rings (SSSR count). The standard InChI is InChI=1S/C27H27N3O5S/c1-15-6-11-20-19(12-15)17(13-21(31)35-20)14-36-26-28-23(16-7-9-18(34-5)10-8-16)22(24(32)29-26)25(33)30-27(2,3)4/h6-13H,14H2,1-5H3,(H,30,33)(H,28,29,32). The fraction of sp³-hybridized carbons (Fsp3) is 0.259. The predicted octanol–water partition coefficient (Wildman–Crippen LogP) is 4.68. The van der Waals surface area contributed by atoms with Crippen LogP contribution in [0.25, 0.3) is 22.2 Å². The Labute approximate surface area is 212 Å². The number of benzene rings is 2. The van der Waals surface area contributed by atoms with E-state index in [9.17, 15) is 14.4 Å². The van der Waals surface area contributed by atoms with E-state index in [4.69, 9.17) is 9.15 Å². The van der Waals surface area contributed by atoms with Gasteiger partial charge in [0.25, 0.3) is 11.5 Å². The van der Waals surface area contributed by atoms with Gasteiger partial charge in [-0.25, -0.2) is 9.78 Å². The molecule has 2 heterocycles. The number of rotatable bonds is 6. The van der Waals surface area contributed by atoms with Gasteiger partial charge >= 0.3 is 5.63 Å². The van der Waals surface area contributed by atoms with Crippen molar-refractivity contribution in [1.29, 1.82) is 0 Å². The zero-order valence-electron chi connectivity index (χ0n) is 20.7. The third kappa shape index (κ3) is 5.68. The monoisotopic (exact) mass is 505 g/mol. The Balaban J connectivity index is 1.76. The first kappa shape index (κ1) is 25.2. The summed E-state index contributed by atoms with van der Waals surface area (Å²) in [4.78, 5) is 45.7. The summed E-state index contributed by atoms with van der Waals surface area (Å²) in [6.07, 6.45) is 0. The summed E-state index contributed by atoms with van der Waals surface area (Å²) in [5.74, 6) is 0.495. The molecule has 36 heavy (non-hydrogen) atoms. The van der Waals surface area contributed by atoms with Crippen molar-refractivity contribution in [2.45, 2.75) is 44.1 Å². The second kappa shape index (κ2) is 10.0. The lowest BCUT2D eigenvalue weighted by molar-refractivity contribution is 0.0918. The van der Waals surface area contributed by atoms with Crippen LogP contribution in [0.4, 0.5) is 0 Å². The molecular formula is C27H27N3O5S. The molecule has 0 aliphatic rings. The molecule has 0 saturated heterocycles. The number of nitrogens with one attached hydrogen (secondary N) is 2. The summed E-state index contributed by atoms with van der Waals surface area (Å²) in [7, 11) is 1.56. The first-order valence-corrected chi connectivity index (χ1v) is 12.3. The van der Waals surface area contributed by atoms with E-state index in [1.54, 1.807) is 37.4 Å². The van der Waals surface area contributed by atoms with E-state index < -0.39 is 22.6 Å². The summed E-state index contributed by atoms with van der Waals surface area (Å²) in [6, 6.07) is 14.0. The number of fused-ring (bicyclic) bond motifs is 1. The molecule has 9 heteroatoms. The minimum atomic E-state index is -0.548. The first-order chi connectivity index (χ1) is 17.0. The lowest BCUT2D eigenvalue weighted by Gasteiger charge is -2.21. The third-order valence-electron chi connectivity index (χ3n) is 5.32. The quantitative estimate of drug-likeness (QED) is 0.222. The molecule has 4 aromatic rings. The first-order valence-electron chi connectivity index (χ1n) is 11.3. The molecule has 0 aliphatic carbocycles. The third-order valence-corrected chi connectivity index (χ3v) is 6.25. The van der Waals surface area contributed by atoms with Crippen molar-refractivity contribution in [3.05, 3.63) is 86.0 Å². The largest absolute Gasteiger partial charge is 0.497 e. The highest BCUT2D eigenvalue weighted by Crippen LogP contribution is 2.28. The van der Waals surface area contributed by atoms with Gasteiger partial charge in [-0.3, -0.25) is 9.59 Å². The predicted molar refractivity (Wildman–Crippen MR) is 141 cm³/mol. The molecule has 0 bridgehead atoms. The highest BCUT2D eigenvalue weighted by atomic mass is 32.2. The maximum atomic E-state index is 13.1. The molecule has 0 spiro atoms. The lowest BCUT2D eigenvalue weighted by Crippen LogP contribution is -2.43. The number of thioether (sulfide) groups is 1. The average Bonchev–Trinajstić information content (AvgIpc) is 2.81. The van der Waals surface area contributed by atoms with Gasteiger partial charge < -0.3 is 19.5 Å². The van der Waals surface area contributed by atoms with Crippen molar-refractivity contribution in [3.8, 4) is 17.0 Å². The maximum absolute atomic E-state index is 13.1. The van der Waals surface area contributed by atoms with Crippen LogP contribution in [-0.2, 0) is 5.75 Å². The molecule has 1 amide bonds. The Morgan fingerprint density at radius 2 is 1.83 bits per heavy atom. The van der Waals surface area contributed by atoms with Crippen LogP contribution in [0.5, 0.6) is 5.75 Å². The molecule has 186 valence electrons. The van der Waals surface area contributed by atoms with Gasteiger partial charge in [0.05, 0.1) is 12.8 Å². The van der Waals surface area contributed by atoms with Gasteiger partial charge in [-0.1, -0.05) is 23.4 Å². The summed E-state index contributed by atoms with van der Waals surface area (Å²) < 4.78 is 10.5. The fourth-order valence-corrected chi connectivity index (χ4v) is 4.55. The van der Waals surface area contributed by atoms with Crippen LogP contribution in [0.2, 0.25) is 0 Å². The number of hydrogen-bond acceptors (Lipinski definition) is 7. The Bertz CT molecular complexity index is 1550. The van der Waals surface area contributed by atoms with Crippen LogP contribution >= 0.6 is 11.8 Å². The van der Waals surface area contributed by atoms with Crippen LogP contribution in [0, 0.1) is 6.92 Å². The summed E-state index contributed by atoms with van der Waals surface area (Å²) >= 11 is 1.26. The van der Waals surface area contributed by atoms with Gasteiger partial charge in [0.1, 0.15) is 16.9 Å². The second-order valence-electron chi connectivity index (χ2n) is 9.41. The zero-order chi connectivity index (χ0) is 26.0. The summed E-state index contributed by atoms with van der Waals surface area (Å²) in [5.41, 5.74) is 1.55.